The van der Waals surface area contributed by atoms with Crippen molar-refractivity contribution in [1.29, 1.82) is 0 Å². The van der Waals surface area contributed by atoms with Crippen LogP contribution >= 0.6 is 0 Å². The van der Waals surface area contributed by atoms with E-state index in [4.69, 9.17) is 14.3 Å². The highest BCUT2D eigenvalue weighted by molar-refractivity contribution is 5.94. The van der Waals surface area contributed by atoms with E-state index in [1.165, 1.54) is 19.1 Å². The van der Waals surface area contributed by atoms with Crippen LogP contribution in [0.25, 0.3) is 22.1 Å². The van der Waals surface area contributed by atoms with Crippen LogP contribution in [0.5, 0.6) is 5.75 Å². The van der Waals surface area contributed by atoms with Crippen molar-refractivity contribution in [3.8, 4) is 16.9 Å². The minimum absolute atomic E-state index is 0.242. The summed E-state index contributed by atoms with van der Waals surface area (Å²) < 4.78 is 10.9. The molecule has 32 heavy (non-hydrogen) atoms. The Bertz CT molecular complexity index is 1200. The molecule has 0 unspecified atom stereocenters. The van der Waals surface area contributed by atoms with Crippen molar-refractivity contribution in [2.45, 2.75) is 31.9 Å². The van der Waals surface area contributed by atoms with E-state index in [1.807, 2.05) is 30.3 Å². The SMILES string of the molecule is C[C@H](Oc1ccc2c(-c3ccccc3)cc(=O)oc2c1)C(=O)N[C@H](CCC(=O)O)C(=O)O. The van der Waals surface area contributed by atoms with Crippen molar-refractivity contribution in [3.63, 3.8) is 0 Å². The van der Waals surface area contributed by atoms with Crippen molar-refractivity contribution < 1.29 is 33.8 Å². The van der Waals surface area contributed by atoms with E-state index in [9.17, 15) is 24.3 Å². The molecule has 0 saturated heterocycles. The monoisotopic (exact) mass is 439 g/mol. The first-order valence-corrected chi connectivity index (χ1v) is 9.79. The van der Waals surface area contributed by atoms with Gasteiger partial charge in [-0.15, -0.1) is 0 Å². The first-order valence-electron chi connectivity index (χ1n) is 9.79. The molecular weight excluding hydrogens is 418 g/mol. The second kappa shape index (κ2) is 9.78. The molecule has 0 aliphatic heterocycles. The second-order valence-electron chi connectivity index (χ2n) is 7.10. The highest BCUT2D eigenvalue weighted by Gasteiger charge is 2.24. The minimum atomic E-state index is -1.35. The molecule has 0 aliphatic rings. The predicted octanol–water partition coefficient (Wildman–Crippen LogP) is 2.66. The molecule has 9 nitrogen and oxygen atoms in total. The van der Waals surface area contributed by atoms with Gasteiger partial charge in [0.05, 0.1) is 0 Å². The summed E-state index contributed by atoms with van der Waals surface area (Å²) in [4.78, 5) is 46.3. The van der Waals surface area contributed by atoms with Crippen LogP contribution in [0.1, 0.15) is 19.8 Å². The summed E-state index contributed by atoms with van der Waals surface area (Å²) >= 11 is 0. The Morgan fingerprint density at radius 1 is 1.06 bits per heavy atom. The zero-order valence-electron chi connectivity index (χ0n) is 17.1. The van der Waals surface area contributed by atoms with E-state index in [0.717, 1.165) is 5.56 Å². The van der Waals surface area contributed by atoms with Gasteiger partial charge >= 0.3 is 17.6 Å². The molecule has 1 aromatic heterocycles. The average Bonchev–Trinajstić information content (AvgIpc) is 2.75. The zero-order chi connectivity index (χ0) is 23.3. The third kappa shape index (κ3) is 5.51. The largest absolute Gasteiger partial charge is 0.481 e. The summed E-state index contributed by atoms with van der Waals surface area (Å²) in [6, 6.07) is 14.2. The molecule has 0 radical (unpaired) electrons. The molecular formula is C23H21NO8. The number of carbonyl (C=O) groups is 3. The van der Waals surface area contributed by atoms with Gasteiger partial charge in [0, 0.05) is 23.9 Å². The zero-order valence-corrected chi connectivity index (χ0v) is 17.1. The van der Waals surface area contributed by atoms with Crippen LogP contribution in [-0.4, -0.2) is 40.2 Å². The summed E-state index contributed by atoms with van der Waals surface area (Å²) in [5.41, 5.74) is 1.26. The van der Waals surface area contributed by atoms with E-state index < -0.39 is 42.0 Å². The Kier molecular flexibility index (Phi) is 6.89. The van der Waals surface area contributed by atoms with Crippen LogP contribution < -0.4 is 15.7 Å². The van der Waals surface area contributed by atoms with Crippen LogP contribution in [0.2, 0.25) is 0 Å². The highest BCUT2D eigenvalue weighted by Crippen LogP contribution is 2.29. The van der Waals surface area contributed by atoms with Gasteiger partial charge in [-0.2, -0.15) is 0 Å². The number of fused-ring (bicyclic) bond motifs is 1. The molecule has 9 heteroatoms. The summed E-state index contributed by atoms with van der Waals surface area (Å²) in [6.07, 6.45) is -1.74. The molecule has 0 aliphatic carbocycles. The van der Waals surface area contributed by atoms with E-state index >= 15 is 0 Å². The van der Waals surface area contributed by atoms with E-state index in [2.05, 4.69) is 5.32 Å². The number of benzene rings is 2. The van der Waals surface area contributed by atoms with Gasteiger partial charge in [0.25, 0.3) is 5.91 Å². The molecule has 0 saturated carbocycles. The minimum Gasteiger partial charge on any atom is -0.481 e. The molecule has 3 N–H and O–H groups in total. The van der Waals surface area contributed by atoms with Crippen molar-refractivity contribution >= 4 is 28.8 Å². The molecule has 0 fully saturated rings. The molecule has 2 aromatic carbocycles. The lowest BCUT2D eigenvalue weighted by Gasteiger charge is -2.18. The van der Waals surface area contributed by atoms with Crippen molar-refractivity contribution in [3.05, 3.63) is 65.0 Å². The maximum Gasteiger partial charge on any atom is 0.336 e. The van der Waals surface area contributed by atoms with Gasteiger partial charge in [-0.3, -0.25) is 9.59 Å². The molecule has 0 spiro atoms. The maximum atomic E-state index is 12.3. The number of ether oxygens (including phenoxy) is 1. The van der Waals surface area contributed by atoms with Crippen LogP contribution in [0.15, 0.2) is 63.8 Å². The lowest BCUT2D eigenvalue weighted by Crippen LogP contribution is -2.46. The molecule has 166 valence electrons. The van der Waals surface area contributed by atoms with E-state index in [-0.39, 0.29) is 17.8 Å². The fraction of sp³-hybridized carbons (Fsp3) is 0.217. The first-order chi connectivity index (χ1) is 15.2. The molecule has 1 heterocycles. The lowest BCUT2D eigenvalue weighted by atomic mass is 10.0. The fourth-order valence-corrected chi connectivity index (χ4v) is 3.14. The molecule has 0 bridgehead atoms. The maximum absolute atomic E-state index is 12.3. The summed E-state index contributed by atoms with van der Waals surface area (Å²) in [7, 11) is 0. The van der Waals surface area contributed by atoms with Crippen LogP contribution in [0.4, 0.5) is 0 Å². The highest BCUT2D eigenvalue weighted by atomic mass is 16.5. The van der Waals surface area contributed by atoms with Crippen molar-refractivity contribution in [1.82, 2.24) is 5.32 Å². The number of carboxylic acids is 2. The number of rotatable bonds is 9. The Morgan fingerprint density at radius 2 is 1.78 bits per heavy atom. The summed E-state index contributed by atoms with van der Waals surface area (Å²) in [5, 5.41) is 20.8. The number of carboxylic acid groups (broad SMARTS) is 2. The Labute approximate surface area is 182 Å². The number of carbonyl (C=O) groups excluding carboxylic acids is 1. The summed E-state index contributed by atoms with van der Waals surface area (Å²) in [6.45, 7) is 1.42. The average molecular weight is 439 g/mol. The van der Waals surface area contributed by atoms with Gasteiger partial charge in [0.1, 0.15) is 17.4 Å². The number of amides is 1. The van der Waals surface area contributed by atoms with Crippen LogP contribution in [-0.2, 0) is 14.4 Å². The third-order valence-electron chi connectivity index (χ3n) is 4.74. The predicted molar refractivity (Wildman–Crippen MR) is 114 cm³/mol. The smallest absolute Gasteiger partial charge is 0.336 e. The topological polar surface area (TPSA) is 143 Å². The number of aliphatic carboxylic acids is 2. The van der Waals surface area contributed by atoms with Crippen molar-refractivity contribution in [2.24, 2.45) is 0 Å². The lowest BCUT2D eigenvalue weighted by molar-refractivity contribution is -0.144. The van der Waals surface area contributed by atoms with E-state index in [0.29, 0.717) is 10.9 Å². The van der Waals surface area contributed by atoms with E-state index in [1.54, 1.807) is 12.1 Å². The summed E-state index contributed by atoms with van der Waals surface area (Å²) in [5.74, 6) is -2.98. The second-order valence-corrected chi connectivity index (χ2v) is 7.10. The standard InChI is InChI=1S/C23H21NO8/c1-13(22(28)24-18(23(29)30)9-10-20(25)26)31-15-7-8-16-17(14-5-3-2-4-6-14)12-21(27)32-19(16)11-15/h2-8,11-13,18H,9-10H2,1H3,(H,24,28)(H,25,26)(H,29,30)/t13-,18+/m0/s1. The van der Waals surface area contributed by atoms with Gasteiger partial charge in [-0.05, 0) is 36.6 Å². The molecule has 3 aromatic rings. The number of nitrogens with one attached hydrogen (secondary N) is 1. The van der Waals surface area contributed by atoms with Gasteiger partial charge in [-0.1, -0.05) is 30.3 Å². The Hall–Kier alpha value is -4.14. The Balaban J connectivity index is 1.78. The van der Waals surface area contributed by atoms with Gasteiger partial charge < -0.3 is 24.7 Å². The first kappa shape index (κ1) is 22.5. The van der Waals surface area contributed by atoms with Crippen LogP contribution in [0, 0.1) is 0 Å². The number of hydrogen-bond acceptors (Lipinski definition) is 6. The normalized spacial score (nSPS) is 12.7. The number of hydrogen-bond donors (Lipinski definition) is 3. The van der Waals surface area contributed by atoms with Crippen molar-refractivity contribution in [2.75, 3.05) is 0 Å². The van der Waals surface area contributed by atoms with Gasteiger partial charge in [-0.25, -0.2) is 9.59 Å². The third-order valence-corrected chi connectivity index (χ3v) is 4.74. The molecule has 2 atom stereocenters. The van der Waals surface area contributed by atoms with Gasteiger partial charge in [0.2, 0.25) is 0 Å². The van der Waals surface area contributed by atoms with Crippen LogP contribution in [0.3, 0.4) is 0 Å². The van der Waals surface area contributed by atoms with Gasteiger partial charge in [0.15, 0.2) is 6.10 Å². The Morgan fingerprint density at radius 3 is 2.44 bits per heavy atom. The molecule has 3 rings (SSSR count). The molecule has 1 amide bonds. The quantitative estimate of drug-likeness (QED) is 0.432. The fourth-order valence-electron chi connectivity index (χ4n) is 3.14.